The summed E-state index contributed by atoms with van der Waals surface area (Å²) in [5, 5.41) is 0. The first-order valence-electron chi connectivity index (χ1n) is 5.97. The number of carbonyl (C=O) groups excluding carboxylic acids is 2. The van der Waals surface area contributed by atoms with Crippen molar-refractivity contribution >= 4 is 11.9 Å². The quantitative estimate of drug-likeness (QED) is 0.473. The Morgan fingerprint density at radius 2 is 1.41 bits per heavy atom. The molecule has 17 heavy (non-hydrogen) atoms. The zero-order valence-electron chi connectivity index (χ0n) is 9.63. The smallest absolute Gasteiger partial charge is 0.321 e. The molecule has 1 aliphatic carbocycles. The lowest BCUT2D eigenvalue weighted by Crippen LogP contribution is -2.14. The molecule has 0 spiro atoms. The molecule has 0 saturated carbocycles. The van der Waals surface area contributed by atoms with Crippen LogP contribution in [0.4, 0.5) is 0 Å². The normalized spacial score (nSPS) is 30.4. The Hall–Kier alpha value is -1.42. The highest BCUT2D eigenvalue weighted by Gasteiger charge is 2.41. The van der Waals surface area contributed by atoms with Gasteiger partial charge in [0.1, 0.15) is 0 Å². The van der Waals surface area contributed by atoms with Crippen molar-refractivity contribution in [1.29, 1.82) is 0 Å². The number of rotatable bonds is 0. The van der Waals surface area contributed by atoms with Gasteiger partial charge in [-0.25, -0.2) is 0 Å². The number of esters is 2. The molecule has 2 atom stereocenters. The van der Waals surface area contributed by atoms with Gasteiger partial charge in [0.05, 0.1) is 11.8 Å². The van der Waals surface area contributed by atoms with Gasteiger partial charge >= 0.3 is 11.9 Å². The molecular weight excluding hydrogens is 220 g/mol. The standard InChI is InChI=1S/C8H6O3.C5H10O/c9-7-5-3-1-2-4-6(5)8(10)11-7;1-2-4-6-5-3-1/h1-6H;1-5H2. The van der Waals surface area contributed by atoms with Crippen LogP contribution >= 0.6 is 0 Å². The van der Waals surface area contributed by atoms with Crippen LogP contribution in [0.15, 0.2) is 24.3 Å². The maximum Gasteiger partial charge on any atom is 0.321 e. The Labute approximate surface area is 100 Å². The molecule has 0 bridgehead atoms. The van der Waals surface area contributed by atoms with Gasteiger partial charge in [-0.2, -0.15) is 0 Å². The van der Waals surface area contributed by atoms with Crippen LogP contribution in [0, 0.1) is 11.8 Å². The fraction of sp³-hybridized carbons (Fsp3) is 0.538. The maximum absolute atomic E-state index is 10.9. The molecule has 2 unspecified atom stereocenters. The van der Waals surface area contributed by atoms with Crippen LogP contribution in [-0.4, -0.2) is 25.2 Å². The number of carbonyl (C=O) groups is 2. The van der Waals surface area contributed by atoms with Crippen molar-refractivity contribution in [2.45, 2.75) is 19.3 Å². The highest BCUT2D eigenvalue weighted by Crippen LogP contribution is 2.28. The summed E-state index contributed by atoms with van der Waals surface area (Å²) < 4.78 is 9.50. The van der Waals surface area contributed by atoms with E-state index in [9.17, 15) is 9.59 Å². The molecule has 4 nitrogen and oxygen atoms in total. The third-order valence-electron chi connectivity index (χ3n) is 2.96. The molecule has 2 saturated heterocycles. The number of allylic oxidation sites excluding steroid dienone is 2. The minimum absolute atomic E-state index is 0.368. The first-order chi connectivity index (χ1) is 8.29. The predicted molar refractivity (Wildman–Crippen MR) is 61.0 cm³/mol. The van der Waals surface area contributed by atoms with Gasteiger partial charge in [0, 0.05) is 13.2 Å². The fourth-order valence-corrected chi connectivity index (χ4v) is 1.98. The molecule has 3 rings (SSSR count). The van der Waals surface area contributed by atoms with E-state index >= 15 is 0 Å². The van der Waals surface area contributed by atoms with Crippen molar-refractivity contribution in [2.24, 2.45) is 11.8 Å². The predicted octanol–water partition coefficient (Wildman–Crippen LogP) is 1.62. The maximum atomic E-state index is 10.9. The highest BCUT2D eigenvalue weighted by molar-refractivity contribution is 5.98. The fourth-order valence-electron chi connectivity index (χ4n) is 1.98. The average molecular weight is 236 g/mol. The van der Waals surface area contributed by atoms with Gasteiger partial charge in [-0.15, -0.1) is 0 Å². The van der Waals surface area contributed by atoms with Crippen LogP contribution in [0.2, 0.25) is 0 Å². The largest absolute Gasteiger partial charge is 0.392 e. The summed E-state index contributed by atoms with van der Waals surface area (Å²) in [6.45, 7) is 2.00. The second-order valence-electron chi connectivity index (χ2n) is 4.23. The van der Waals surface area contributed by atoms with Crippen LogP contribution in [0.3, 0.4) is 0 Å². The Morgan fingerprint density at radius 3 is 1.76 bits per heavy atom. The number of hydrogen-bond donors (Lipinski definition) is 0. The molecular formula is C13H16O4. The molecule has 2 heterocycles. The van der Waals surface area contributed by atoms with Crippen molar-refractivity contribution in [3.05, 3.63) is 24.3 Å². The van der Waals surface area contributed by atoms with Gasteiger partial charge in [-0.05, 0) is 19.3 Å². The van der Waals surface area contributed by atoms with Gasteiger partial charge in [0.2, 0.25) is 0 Å². The second-order valence-corrected chi connectivity index (χ2v) is 4.23. The molecule has 0 amide bonds. The number of ether oxygens (including phenoxy) is 2. The Bertz CT molecular complexity index is 313. The van der Waals surface area contributed by atoms with Gasteiger partial charge in [-0.1, -0.05) is 24.3 Å². The molecule has 92 valence electrons. The molecule has 0 radical (unpaired) electrons. The molecule has 3 aliphatic rings. The Balaban J connectivity index is 0.000000153. The molecule has 2 fully saturated rings. The third kappa shape index (κ3) is 3.03. The summed E-state index contributed by atoms with van der Waals surface area (Å²) in [5.41, 5.74) is 0. The van der Waals surface area contributed by atoms with Crippen molar-refractivity contribution in [3.8, 4) is 0 Å². The topological polar surface area (TPSA) is 52.6 Å². The third-order valence-corrected chi connectivity index (χ3v) is 2.96. The first-order valence-corrected chi connectivity index (χ1v) is 5.97. The average Bonchev–Trinajstić information content (AvgIpc) is 2.69. The van der Waals surface area contributed by atoms with Crippen LogP contribution < -0.4 is 0 Å². The zero-order chi connectivity index (χ0) is 12.1. The van der Waals surface area contributed by atoms with Crippen LogP contribution in [0.5, 0.6) is 0 Å². The van der Waals surface area contributed by atoms with E-state index in [1.54, 1.807) is 24.3 Å². The summed E-state index contributed by atoms with van der Waals surface area (Å²) in [6.07, 6.45) is 10.8. The van der Waals surface area contributed by atoms with E-state index in [-0.39, 0.29) is 11.8 Å². The van der Waals surface area contributed by atoms with Gasteiger partial charge < -0.3 is 9.47 Å². The SMILES string of the molecule is C1CCOCC1.O=C1OC(=O)C2C=CC=CC12. The monoisotopic (exact) mass is 236 g/mol. The lowest BCUT2D eigenvalue weighted by atomic mass is 9.91. The van der Waals surface area contributed by atoms with Gasteiger partial charge in [0.25, 0.3) is 0 Å². The van der Waals surface area contributed by atoms with E-state index in [0.717, 1.165) is 13.2 Å². The van der Waals surface area contributed by atoms with Crippen molar-refractivity contribution in [1.82, 2.24) is 0 Å². The Morgan fingerprint density at radius 1 is 0.882 bits per heavy atom. The molecule has 4 heteroatoms. The molecule has 2 aliphatic heterocycles. The summed E-state index contributed by atoms with van der Waals surface area (Å²) in [4.78, 5) is 21.8. The minimum Gasteiger partial charge on any atom is -0.392 e. The van der Waals surface area contributed by atoms with E-state index < -0.39 is 11.9 Å². The summed E-state index contributed by atoms with van der Waals surface area (Å²) in [7, 11) is 0. The Kier molecular flexibility index (Phi) is 4.09. The van der Waals surface area contributed by atoms with Crippen LogP contribution in [-0.2, 0) is 19.1 Å². The summed E-state index contributed by atoms with van der Waals surface area (Å²) in [6, 6.07) is 0. The second kappa shape index (κ2) is 5.77. The van der Waals surface area contributed by atoms with E-state index in [2.05, 4.69) is 4.74 Å². The van der Waals surface area contributed by atoms with E-state index in [1.807, 2.05) is 0 Å². The van der Waals surface area contributed by atoms with Gasteiger partial charge in [-0.3, -0.25) is 9.59 Å². The number of cyclic esters (lactones) is 2. The van der Waals surface area contributed by atoms with Gasteiger partial charge in [0.15, 0.2) is 0 Å². The molecule has 0 N–H and O–H groups in total. The summed E-state index contributed by atoms with van der Waals surface area (Å²) >= 11 is 0. The minimum atomic E-state index is -0.430. The number of fused-ring (bicyclic) bond motifs is 1. The summed E-state index contributed by atoms with van der Waals surface area (Å²) in [5.74, 6) is -1.60. The highest BCUT2D eigenvalue weighted by atomic mass is 16.6. The van der Waals surface area contributed by atoms with Crippen LogP contribution in [0.1, 0.15) is 19.3 Å². The van der Waals surface area contributed by atoms with E-state index in [0.29, 0.717) is 0 Å². The lowest BCUT2D eigenvalue weighted by molar-refractivity contribution is -0.153. The van der Waals surface area contributed by atoms with Crippen LogP contribution in [0.25, 0.3) is 0 Å². The van der Waals surface area contributed by atoms with Crippen molar-refractivity contribution < 1.29 is 19.1 Å². The molecule has 0 aromatic heterocycles. The first kappa shape index (κ1) is 12.0. The van der Waals surface area contributed by atoms with Crippen molar-refractivity contribution in [2.75, 3.05) is 13.2 Å². The van der Waals surface area contributed by atoms with E-state index in [4.69, 9.17) is 4.74 Å². The number of hydrogen-bond acceptors (Lipinski definition) is 4. The van der Waals surface area contributed by atoms with Crippen molar-refractivity contribution in [3.63, 3.8) is 0 Å². The van der Waals surface area contributed by atoms with E-state index in [1.165, 1.54) is 19.3 Å². The lowest BCUT2D eigenvalue weighted by Gasteiger charge is -2.08. The molecule has 0 aromatic rings. The molecule has 0 aromatic carbocycles. The zero-order valence-corrected chi connectivity index (χ0v) is 9.63.